The average Bonchev–Trinajstić information content (AvgIpc) is 2.53. The minimum atomic E-state index is 0.215. The van der Waals surface area contributed by atoms with Crippen molar-refractivity contribution in [2.45, 2.75) is 30.0 Å². The van der Waals surface area contributed by atoms with E-state index in [1.165, 1.54) is 30.4 Å². The third-order valence-corrected chi connectivity index (χ3v) is 5.62. The molecule has 2 atom stereocenters. The number of halogens is 2. The second kappa shape index (κ2) is 6.41. The molecular weight excluding hydrogens is 348 g/mol. The highest BCUT2D eigenvalue weighted by Gasteiger charge is 2.29. The molecule has 0 amide bonds. The number of rotatable bonds is 3. The summed E-state index contributed by atoms with van der Waals surface area (Å²) >= 11 is 10.1. The fraction of sp³-hybridized carbons (Fsp3) is 0.333. The zero-order chi connectivity index (χ0) is 14.8. The molecule has 3 heteroatoms. The fourth-order valence-electron chi connectivity index (χ4n) is 3.23. The van der Waals surface area contributed by atoms with E-state index in [9.17, 15) is 0 Å². The van der Waals surface area contributed by atoms with Crippen LogP contribution in [-0.2, 0) is 6.42 Å². The molecule has 2 aromatic carbocycles. The maximum atomic E-state index is 6.18. The number of alkyl halides is 1. The first-order valence-corrected chi connectivity index (χ1v) is 8.55. The van der Waals surface area contributed by atoms with Gasteiger partial charge >= 0.3 is 0 Å². The summed E-state index contributed by atoms with van der Waals surface area (Å²) in [6.07, 6.45) is 3.59. The largest absolute Gasteiger partial charge is 0.496 e. The van der Waals surface area contributed by atoms with E-state index in [1.807, 2.05) is 18.2 Å². The molecule has 3 rings (SSSR count). The number of aryl methyl sites for hydroxylation is 1. The van der Waals surface area contributed by atoms with Crippen LogP contribution in [0.2, 0.25) is 5.02 Å². The molecular formula is C18H18BrClO. The quantitative estimate of drug-likeness (QED) is 0.615. The SMILES string of the molecule is COc1ccc(Cl)cc1C(Br)C1CCCc2ccccc21. The summed E-state index contributed by atoms with van der Waals surface area (Å²) in [5, 5.41) is 0.749. The molecule has 110 valence electrons. The molecule has 0 heterocycles. The number of fused-ring (bicyclic) bond motifs is 1. The standard InChI is InChI=1S/C18H18BrClO/c1-21-17-10-9-13(20)11-16(17)18(19)15-8-4-6-12-5-2-3-7-14(12)15/h2-3,5,7,9-11,15,18H,4,6,8H2,1H3. The van der Waals surface area contributed by atoms with Gasteiger partial charge in [-0.15, -0.1) is 0 Å². The molecule has 1 nitrogen and oxygen atoms in total. The van der Waals surface area contributed by atoms with Crippen LogP contribution in [0.25, 0.3) is 0 Å². The van der Waals surface area contributed by atoms with Crippen molar-refractivity contribution in [3.05, 3.63) is 64.2 Å². The van der Waals surface area contributed by atoms with Crippen LogP contribution in [0, 0.1) is 0 Å². The molecule has 0 fully saturated rings. The highest BCUT2D eigenvalue weighted by molar-refractivity contribution is 9.09. The van der Waals surface area contributed by atoms with Crippen LogP contribution in [0.4, 0.5) is 0 Å². The fourth-order valence-corrected chi connectivity index (χ4v) is 4.32. The second-order valence-electron chi connectivity index (χ2n) is 5.49. The summed E-state index contributed by atoms with van der Waals surface area (Å²) in [4.78, 5) is 0.215. The van der Waals surface area contributed by atoms with E-state index in [0.29, 0.717) is 5.92 Å². The van der Waals surface area contributed by atoms with Crippen LogP contribution in [0.1, 0.15) is 40.3 Å². The lowest BCUT2D eigenvalue weighted by Gasteiger charge is -2.30. The van der Waals surface area contributed by atoms with Crippen LogP contribution in [0.15, 0.2) is 42.5 Å². The predicted molar refractivity (Wildman–Crippen MR) is 91.8 cm³/mol. The summed E-state index contributed by atoms with van der Waals surface area (Å²) in [6.45, 7) is 0. The summed E-state index contributed by atoms with van der Waals surface area (Å²) in [7, 11) is 1.71. The van der Waals surface area contributed by atoms with Crippen molar-refractivity contribution in [2.75, 3.05) is 7.11 Å². The van der Waals surface area contributed by atoms with Gasteiger partial charge in [-0.05, 0) is 48.6 Å². The van der Waals surface area contributed by atoms with Crippen LogP contribution in [0.5, 0.6) is 5.75 Å². The number of methoxy groups -OCH3 is 1. The number of ether oxygens (including phenoxy) is 1. The highest BCUT2D eigenvalue weighted by atomic mass is 79.9. The van der Waals surface area contributed by atoms with Crippen LogP contribution in [-0.4, -0.2) is 7.11 Å². The first-order chi connectivity index (χ1) is 10.2. The highest BCUT2D eigenvalue weighted by Crippen LogP contribution is 2.47. The van der Waals surface area contributed by atoms with E-state index in [0.717, 1.165) is 16.3 Å². The van der Waals surface area contributed by atoms with Crippen molar-refractivity contribution in [1.82, 2.24) is 0 Å². The van der Waals surface area contributed by atoms with Crippen molar-refractivity contribution >= 4 is 27.5 Å². The Balaban J connectivity index is 2.00. The van der Waals surface area contributed by atoms with Crippen molar-refractivity contribution in [2.24, 2.45) is 0 Å². The summed E-state index contributed by atoms with van der Waals surface area (Å²) in [6, 6.07) is 14.6. The van der Waals surface area contributed by atoms with E-state index < -0.39 is 0 Å². The van der Waals surface area contributed by atoms with Gasteiger partial charge in [0, 0.05) is 16.5 Å². The molecule has 0 aromatic heterocycles. The van der Waals surface area contributed by atoms with E-state index in [-0.39, 0.29) is 4.83 Å². The Kier molecular flexibility index (Phi) is 4.56. The number of hydrogen-bond donors (Lipinski definition) is 0. The van der Waals surface area contributed by atoms with E-state index in [4.69, 9.17) is 16.3 Å². The van der Waals surface area contributed by atoms with Gasteiger partial charge in [0.05, 0.1) is 11.9 Å². The lowest BCUT2D eigenvalue weighted by Crippen LogP contribution is -2.14. The van der Waals surface area contributed by atoms with Gasteiger partial charge in [-0.2, -0.15) is 0 Å². The molecule has 2 aromatic rings. The minimum Gasteiger partial charge on any atom is -0.496 e. The Morgan fingerprint density at radius 1 is 1.24 bits per heavy atom. The monoisotopic (exact) mass is 364 g/mol. The van der Waals surface area contributed by atoms with Gasteiger partial charge in [0.2, 0.25) is 0 Å². The van der Waals surface area contributed by atoms with Gasteiger partial charge < -0.3 is 4.74 Å². The Bertz CT molecular complexity index is 641. The van der Waals surface area contributed by atoms with Gasteiger partial charge in [-0.25, -0.2) is 0 Å². The van der Waals surface area contributed by atoms with Crippen LogP contribution in [0.3, 0.4) is 0 Å². The van der Waals surface area contributed by atoms with Crippen molar-refractivity contribution in [1.29, 1.82) is 0 Å². The topological polar surface area (TPSA) is 9.23 Å². The lowest BCUT2D eigenvalue weighted by atomic mass is 9.79. The molecule has 21 heavy (non-hydrogen) atoms. The first kappa shape index (κ1) is 14.9. The maximum absolute atomic E-state index is 6.18. The third-order valence-electron chi connectivity index (χ3n) is 4.26. The van der Waals surface area contributed by atoms with Gasteiger partial charge in [0.25, 0.3) is 0 Å². The molecule has 1 aliphatic carbocycles. The van der Waals surface area contributed by atoms with E-state index in [1.54, 1.807) is 7.11 Å². The molecule has 0 saturated carbocycles. The molecule has 0 saturated heterocycles. The molecule has 0 bridgehead atoms. The van der Waals surface area contributed by atoms with Crippen molar-refractivity contribution in [3.63, 3.8) is 0 Å². The molecule has 0 aliphatic heterocycles. The Morgan fingerprint density at radius 2 is 2.05 bits per heavy atom. The summed E-state index contributed by atoms with van der Waals surface area (Å²) in [5.74, 6) is 1.35. The zero-order valence-electron chi connectivity index (χ0n) is 12.0. The normalized spacial score (nSPS) is 18.9. The van der Waals surface area contributed by atoms with E-state index >= 15 is 0 Å². The van der Waals surface area contributed by atoms with Gasteiger partial charge in [0.15, 0.2) is 0 Å². The Hall–Kier alpha value is -0.990. The third kappa shape index (κ3) is 2.97. The molecule has 0 spiro atoms. The van der Waals surface area contributed by atoms with Crippen LogP contribution >= 0.6 is 27.5 Å². The van der Waals surface area contributed by atoms with Crippen molar-refractivity contribution < 1.29 is 4.74 Å². The molecule has 0 N–H and O–H groups in total. The predicted octanol–water partition coefficient (Wildman–Crippen LogP) is 5.90. The molecule has 0 radical (unpaired) electrons. The maximum Gasteiger partial charge on any atom is 0.123 e. The van der Waals surface area contributed by atoms with Crippen LogP contribution < -0.4 is 4.74 Å². The summed E-state index contributed by atoms with van der Waals surface area (Å²) < 4.78 is 5.51. The zero-order valence-corrected chi connectivity index (χ0v) is 14.3. The molecule has 1 aliphatic rings. The first-order valence-electron chi connectivity index (χ1n) is 7.26. The summed E-state index contributed by atoms with van der Waals surface area (Å²) in [5.41, 5.74) is 4.05. The van der Waals surface area contributed by atoms with Gasteiger partial charge in [-0.3, -0.25) is 0 Å². The van der Waals surface area contributed by atoms with Gasteiger partial charge in [-0.1, -0.05) is 51.8 Å². The number of benzene rings is 2. The second-order valence-corrected chi connectivity index (χ2v) is 6.91. The Morgan fingerprint density at radius 3 is 2.86 bits per heavy atom. The number of hydrogen-bond acceptors (Lipinski definition) is 1. The minimum absolute atomic E-state index is 0.215. The smallest absolute Gasteiger partial charge is 0.123 e. The van der Waals surface area contributed by atoms with E-state index in [2.05, 4.69) is 40.2 Å². The Labute approximate surface area is 139 Å². The molecule has 2 unspecified atom stereocenters. The average molecular weight is 366 g/mol. The van der Waals surface area contributed by atoms with Gasteiger partial charge in [0.1, 0.15) is 5.75 Å². The lowest BCUT2D eigenvalue weighted by molar-refractivity contribution is 0.406. The van der Waals surface area contributed by atoms with Crippen molar-refractivity contribution in [3.8, 4) is 5.75 Å².